The van der Waals surface area contributed by atoms with Crippen molar-refractivity contribution in [1.29, 1.82) is 0 Å². The summed E-state index contributed by atoms with van der Waals surface area (Å²) in [5, 5.41) is 6.66. The second-order valence-electron chi connectivity index (χ2n) is 10.4. The summed E-state index contributed by atoms with van der Waals surface area (Å²) in [4.78, 5) is 34.5. The fourth-order valence-electron chi connectivity index (χ4n) is 4.32. The number of nitrogens with zero attached hydrogens (tertiary/aromatic N) is 3. The minimum atomic E-state index is -0.298. The molecule has 2 aromatic rings. The molecule has 0 aromatic heterocycles. The molecule has 3 aliphatic rings. The number of allylic oxidation sites excluding steroid dienone is 1. The van der Waals surface area contributed by atoms with E-state index in [9.17, 15) is 9.59 Å². The number of amides is 1. The van der Waals surface area contributed by atoms with E-state index in [0.717, 1.165) is 11.3 Å². The normalized spacial score (nSPS) is 18.7. The molecule has 220 valence electrons. The van der Waals surface area contributed by atoms with E-state index in [0.29, 0.717) is 86.0 Å². The van der Waals surface area contributed by atoms with Crippen molar-refractivity contribution in [3.8, 4) is 5.75 Å². The highest BCUT2D eigenvalue weighted by Crippen LogP contribution is 2.26. The van der Waals surface area contributed by atoms with Crippen molar-refractivity contribution in [2.75, 3.05) is 45.2 Å². The van der Waals surface area contributed by atoms with Crippen LogP contribution in [0.1, 0.15) is 43.1 Å². The highest BCUT2D eigenvalue weighted by molar-refractivity contribution is 6.32. The molecule has 11 heteroatoms. The van der Waals surface area contributed by atoms with Gasteiger partial charge in [0.2, 0.25) is 5.96 Å². The van der Waals surface area contributed by atoms with Gasteiger partial charge in [-0.05, 0) is 67.4 Å². The van der Waals surface area contributed by atoms with Crippen LogP contribution in [-0.2, 0) is 20.8 Å². The molecule has 0 unspecified atom stereocenters. The first-order valence-corrected chi connectivity index (χ1v) is 13.7. The first kappa shape index (κ1) is 31.6. The maximum Gasteiger partial charge on any atom is 0.298 e. The lowest BCUT2D eigenvalue weighted by Gasteiger charge is -2.33. The molecule has 0 spiro atoms. The van der Waals surface area contributed by atoms with Crippen LogP contribution < -0.4 is 15.4 Å². The molecule has 41 heavy (non-hydrogen) atoms. The lowest BCUT2D eigenvalue weighted by molar-refractivity contribution is -0.125. The molecule has 0 atom stereocenters. The van der Waals surface area contributed by atoms with Gasteiger partial charge in [-0.15, -0.1) is 0 Å². The Morgan fingerprint density at radius 3 is 2.68 bits per heavy atom. The Balaban J connectivity index is 1.87. The average molecular weight is 584 g/mol. The van der Waals surface area contributed by atoms with Crippen molar-refractivity contribution >= 4 is 42.3 Å². The van der Waals surface area contributed by atoms with Crippen LogP contribution in [0.5, 0.6) is 5.75 Å². The number of carbonyl (C=O) groups excluding carboxylic acids is 2. The number of guanidine groups is 1. The highest BCUT2D eigenvalue weighted by Gasteiger charge is 2.24. The highest BCUT2D eigenvalue weighted by atomic mass is 35.5. The Morgan fingerprint density at radius 1 is 1.27 bits per heavy atom. The van der Waals surface area contributed by atoms with Gasteiger partial charge in [-0.3, -0.25) is 14.5 Å². The lowest BCUT2D eigenvalue weighted by atomic mass is 9.92. The van der Waals surface area contributed by atoms with Crippen molar-refractivity contribution < 1.29 is 23.8 Å². The molecule has 0 aliphatic carbocycles. The molecule has 10 nitrogen and oxygen atoms in total. The standard InChI is InChI=1S/C30H38ClN5O5/c1-21(41-20-37)27(39-5)17-36-13-6-14-40-26-12-7-22(15-25(26)31)16-33-29(32-4)35-24-10-8-23(9-11-24)28(38)34-18-30(2,3)19-36/h7-12,15,20H,4,6,13-14,16-19H2,1-3,5H3,(H,33,35)(H,34,38)/b27-21-. The van der Waals surface area contributed by atoms with Gasteiger partial charge in [-0.2, -0.15) is 0 Å². The number of anilines is 1. The van der Waals surface area contributed by atoms with Gasteiger partial charge in [-0.25, -0.2) is 9.98 Å². The van der Waals surface area contributed by atoms with Gasteiger partial charge in [0.15, 0.2) is 0 Å². The van der Waals surface area contributed by atoms with Crippen molar-refractivity contribution in [3.05, 3.63) is 70.1 Å². The Kier molecular flexibility index (Phi) is 11.7. The Morgan fingerprint density at radius 2 is 2.02 bits per heavy atom. The number of ether oxygens (including phenoxy) is 3. The number of hydrogen-bond donors (Lipinski definition) is 2. The fraction of sp³-hybridized carbons (Fsp3) is 0.400. The molecule has 0 saturated heterocycles. The molecule has 0 radical (unpaired) electrons. The first-order valence-electron chi connectivity index (χ1n) is 13.3. The van der Waals surface area contributed by atoms with E-state index in [1.807, 2.05) is 18.2 Å². The van der Waals surface area contributed by atoms with Crippen molar-refractivity contribution in [1.82, 2.24) is 10.2 Å². The number of nitrogens with one attached hydrogen (secondary N) is 2. The van der Waals surface area contributed by atoms with E-state index in [1.54, 1.807) is 38.3 Å². The van der Waals surface area contributed by atoms with Crippen LogP contribution in [0, 0.1) is 5.41 Å². The first-order chi connectivity index (χ1) is 19.6. The molecular formula is C30H38ClN5O5. The quantitative estimate of drug-likeness (QED) is 0.292. The number of methoxy groups -OCH3 is 1. The van der Waals surface area contributed by atoms with Gasteiger partial charge >= 0.3 is 0 Å². The van der Waals surface area contributed by atoms with Gasteiger partial charge < -0.3 is 24.8 Å². The summed E-state index contributed by atoms with van der Waals surface area (Å²) in [6.07, 6.45) is 0.696. The number of carbonyl (C=O) groups is 2. The molecule has 0 fully saturated rings. The summed E-state index contributed by atoms with van der Waals surface area (Å²) in [5.41, 5.74) is 1.85. The lowest BCUT2D eigenvalue weighted by Crippen LogP contribution is -2.43. The summed E-state index contributed by atoms with van der Waals surface area (Å²) in [7, 11) is 1.55. The second-order valence-corrected chi connectivity index (χ2v) is 10.8. The zero-order chi connectivity index (χ0) is 29.8. The van der Waals surface area contributed by atoms with E-state index >= 15 is 0 Å². The van der Waals surface area contributed by atoms with Crippen molar-refractivity contribution in [3.63, 3.8) is 0 Å². The maximum atomic E-state index is 12.9. The topological polar surface area (TPSA) is 114 Å². The van der Waals surface area contributed by atoms with Crippen LogP contribution in [0.4, 0.5) is 5.69 Å². The fourth-order valence-corrected chi connectivity index (χ4v) is 4.57. The van der Waals surface area contributed by atoms with Crippen LogP contribution in [-0.4, -0.2) is 69.9 Å². The number of fused-ring (bicyclic) bond motifs is 2. The van der Waals surface area contributed by atoms with E-state index < -0.39 is 0 Å². The molecule has 1 amide bonds. The molecular weight excluding hydrogens is 546 g/mol. The predicted molar refractivity (Wildman–Crippen MR) is 162 cm³/mol. The average Bonchev–Trinajstić information content (AvgIpc) is 2.95. The van der Waals surface area contributed by atoms with Crippen molar-refractivity contribution in [2.45, 2.75) is 33.7 Å². The van der Waals surface area contributed by atoms with E-state index in [-0.39, 0.29) is 11.3 Å². The van der Waals surface area contributed by atoms with Gasteiger partial charge in [0.25, 0.3) is 12.4 Å². The summed E-state index contributed by atoms with van der Waals surface area (Å²) in [6, 6.07) is 12.6. The van der Waals surface area contributed by atoms with Crippen LogP contribution in [0.2, 0.25) is 5.02 Å². The Bertz CT molecular complexity index is 1280. The third-order valence-corrected chi connectivity index (χ3v) is 6.74. The van der Waals surface area contributed by atoms with E-state index in [1.165, 1.54) is 0 Å². The van der Waals surface area contributed by atoms with Crippen molar-refractivity contribution in [2.24, 2.45) is 15.4 Å². The summed E-state index contributed by atoms with van der Waals surface area (Å²) >= 11 is 6.51. The molecule has 3 heterocycles. The minimum Gasteiger partial charge on any atom is -0.496 e. The smallest absolute Gasteiger partial charge is 0.298 e. The molecule has 0 saturated carbocycles. The molecule has 2 aromatic carbocycles. The van der Waals surface area contributed by atoms with Gasteiger partial charge in [0, 0.05) is 30.9 Å². The minimum absolute atomic E-state index is 0.171. The largest absolute Gasteiger partial charge is 0.496 e. The third kappa shape index (κ3) is 9.91. The number of benzene rings is 2. The van der Waals surface area contributed by atoms with Gasteiger partial charge in [-0.1, -0.05) is 31.5 Å². The monoisotopic (exact) mass is 583 g/mol. The van der Waals surface area contributed by atoms with Crippen LogP contribution >= 0.6 is 11.6 Å². The zero-order valence-electron chi connectivity index (χ0n) is 24.0. The number of rotatable bonds is 5. The summed E-state index contributed by atoms with van der Waals surface area (Å²) in [6.45, 7) is 12.8. The SMILES string of the molecule is C=N/C1=N\Cc2ccc(c(Cl)c2)OCCCN(C/C(OC)=C(\C)OC=O)CC(C)(C)CNC(=O)c2ccc(cc2)N1. The van der Waals surface area contributed by atoms with E-state index in [4.69, 9.17) is 25.8 Å². The number of hydrogen-bond acceptors (Lipinski definition) is 9. The van der Waals surface area contributed by atoms with Crippen LogP contribution in [0.15, 0.2) is 64.0 Å². The van der Waals surface area contributed by atoms with E-state index in [2.05, 4.69) is 46.1 Å². The summed E-state index contributed by atoms with van der Waals surface area (Å²) in [5.74, 6) is 1.71. The number of aliphatic imine (C=N–C) groups is 2. The zero-order valence-corrected chi connectivity index (χ0v) is 24.8. The second kappa shape index (κ2) is 15.2. The predicted octanol–water partition coefficient (Wildman–Crippen LogP) is 4.90. The van der Waals surface area contributed by atoms with Gasteiger partial charge in [0.1, 0.15) is 17.3 Å². The van der Waals surface area contributed by atoms with Crippen LogP contribution in [0.25, 0.3) is 0 Å². The van der Waals surface area contributed by atoms with Gasteiger partial charge in [0.05, 0.1) is 31.8 Å². The molecule has 2 N–H and O–H groups in total. The Labute approximate surface area is 246 Å². The molecule has 5 rings (SSSR count). The third-order valence-electron chi connectivity index (χ3n) is 6.45. The summed E-state index contributed by atoms with van der Waals surface area (Å²) < 4.78 is 16.5. The maximum absolute atomic E-state index is 12.9. The molecule has 3 aliphatic heterocycles. The molecule has 4 bridgehead atoms. The van der Waals surface area contributed by atoms with Crippen LogP contribution in [0.3, 0.4) is 0 Å². The number of halogens is 1. The Hall–Kier alpha value is -3.89.